The van der Waals surface area contributed by atoms with Crippen LogP contribution < -0.4 is 11.1 Å². The van der Waals surface area contributed by atoms with Gasteiger partial charge in [0, 0.05) is 22.9 Å². The van der Waals surface area contributed by atoms with Gasteiger partial charge in [-0.2, -0.15) is 0 Å². The number of hydrogen-bond donors (Lipinski definition) is 2. The Hall–Kier alpha value is -1.88. The number of rotatable bonds is 3. The number of nitrogens with one attached hydrogen (secondary N) is 1. The van der Waals surface area contributed by atoms with E-state index in [0.29, 0.717) is 17.9 Å². The molecule has 2 aromatic rings. The maximum absolute atomic E-state index is 11.8. The van der Waals surface area contributed by atoms with E-state index in [1.807, 2.05) is 24.3 Å². The molecular formula is C13H12BrN3O. The van der Waals surface area contributed by atoms with Crippen molar-refractivity contribution in [3.63, 3.8) is 0 Å². The van der Waals surface area contributed by atoms with E-state index in [1.54, 1.807) is 18.3 Å². The summed E-state index contributed by atoms with van der Waals surface area (Å²) in [6.07, 6.45) is 1.59. The van der Waals surface area contributed by atoms with Crippen LogP contribution in [0.5, 0.6) is 0 Å². The maximum Gasteiger partial charge on any atom is 0.270 e. The molecule has 92 valence electrons. The van der Waals surface area contributed by atoms with Gasteiger partial charge in [0.1, 0.15) is 5.69 Å². The summed E-state index contributed by atoms with van der Waals surface area (Å²) >= 11 is 3.27. The van der Waals surface area contributed by atoms with Crippen molar-refractivity contribution in [2.45, 2.75) is 6.54 Å². The van der Waals surface area contributed by atoms with Crippen molar-refractivity contribution in [1.82, 2.24) is 10.3 Å². The smallest absolute Gasteiger partial charge is 0.270 e. The first kappa shape index (κ1) is 12.6. The molecule has 0 aliphatic rings. The Bertz CT molecular complexity index is 554. The number of hydrogen-bond acceptors (Lipinski definition) is 3. The normalized spacial score (nSPS) is 10.1. The summed E-state index contributed by atoms with van der Waals surface area (Å²) < 4.78 is 0.842. The Morgan fingerprint density at radius 1 is 1.33 bits per heavy atom. The second-order valence-electron chi connectivity index (χ2n) is 3.79. The van der Waals surface area contributed by atoms with Gasteiger partial charge in [0.15, 0.2) is 0 Å². The zero-order valence-electron chi connectivity index (χ0n) is 9.56. The number of benzene rings is 1. The van der Waals surface area contributed by atoms with Crippen LogP contribution in [0.4, 0.5) is 5.69 Å². The SMILES string of the molecule is Nc1cccc(CNC(=O)c2ccc(Br)cn2)c1. The number of aromatic nitrogens is 1. The Morgan fingerprint density at radius 3 is 2.83 bits per heavy atom. The van der Waals surface area contributed by atoms with Gasteiger partial charge in [0.05, 0.1) is 0 Å². The van der Waals surface area contributed by atoms with Crippen LogP contribution >= 0.6 is 15.9 Å². The quantitative estimate of drug-likeness (QED) is 0.855. The zero-order valence-corrected chi connectivity index (χ0v) is 11.1. The van der Waals surface area contributed by atoms with Crippen LogP contribution in [0.25, 0.3) is 0 Å². The summed E-state index contributed by atoms with van der Waals surface area (Å²) in [5.41, 5.74) is 7.70. The second kappa shape index (κ2) is 5.64. The minimum Gasteiger partial charge on any atom is -0.399 e. The van der Waals surface area contributed by atoms with Crippen LogP contribution in [-0.4, -0.2) is 10.9 Å². The fourth-order valence-corrected chi connectivity index (χ4v) is 1.72. The molecule has 1 heterocycles. The van der Waals surface area contributed by atoms with E-state index in [2.05, 4.69) is 26.2 Å². The lowest BCUT2D eigenvalue weighted by Gasteiger charge is -2.05. The lowest BCUT2D eigenvalue weighted by molar-refractivity contribution is 0.0946. The third-order valence-electron chi connectivity index (χ3n) is 2.36. The number of anilines is 1. The van der Waals surface area contributed by atoms with Crippen molar-refractivity contribution in [2.75, 3.05) is 5.73 Å². The third-order valence-corrected chi connectivity index (χ3v) is 2.83. The lowest BCUT2D eigenvalue weighted by atomic mass is 10.2. The molecule has 1 amide bonds. The first-order valence-corrected chi connectivity index (χ1v) is 6.18. The van der Waals surface area contributed by atoms with Gasteiger partial charge >= 0.3 is 0 Å². The Labute approximate surface area is 113 Å². The molecule has 3 N–H and O–H groups in total. The van der Waals surface area contributed by atoms with Crippen LogP contribution in [0.15, 0.2) is 47.1 Å². The molecule has 0 bridgehead atoms. The van der Waals surface area contributed by atoms with Crippen LogP contribution in [0.2, 0.25) is 0 Å². The van der Waals surface area contributed by atoms with Crippen LogP contribution in [0.1, 0.15) is 16.1 Å². The lowest BCUT2D eigenvalue weighted by Crippen LogP contribution is -2.23. The van der Waals surface area contributed by atoms with Gasteiger partial charge in [-0.25, -0.2) is 4.98 Å². The van der Waals surface area contributed by atoms with Gasteiger partial charge in [-0.05, 0) is 45.8 Å². The molecule has 4 nitrogen and oxygen atoms in total. The molecule has 0 saturated carbocycles. The maximum atomic E-state index is 11.8. The minimum atomic E-state index is -0.204. The predicted octanol–water partition coefficient (Wildman–Crippen LogP) is 2.36. The molecule has 0 atom stereocenters. The summed E-state index contributed by atoms with van der Waals surface area (Å²) in [5.74, 6) is -0.204. The summed E-state index contributed by atoms with van der Waals surface area (Å²) in [6, 6.07) is 10.8. The van der Waals surface area contributed by atoms with Crippen molar-refractivity contribution in [2.24, 2.45) is 0 Å². The van der Waals surface area contributed by atoms with Gasteiger partial charge in [-0.3, -0.25) is 4.79 Å². The number of carbonyl (C=O) groups is 1. The average molecular weight is 306 g/mol. The molecule has 0 radical (unpaired) electrons. The highest BCUT2D eigenvalue weighted by atomic mass is 79.9. The largest absolute Gasteiger partial charge is 0.399 e. The molecule has 0 aliphatic carbocycles. The fourth-order valence-electron chi connectivity index (χ4n) is 1.49. The van der Waals surface area contributed by atoms with E-state index >= 15 is 0 Å². The molecule has 1 aromatic heterocycles. The van der Waals surface area contributed by atoms with Gasteiger partial charge in [0.25, 0.3) is 5.91 Å². The van der Waals surface area contributed by atoms with Gasteiger partial charge in [-0.15, -0.1) is 0 Å². The molecule has 0 fully saturated rings. The van der Waals surface area contributed by atoms with Crippen molar-refractivity contribution >= 4 is 27.5 Å². The predicted molar refractivity (Wildman–Crippen MR) is 74.0 cm³/mol. The molecule has 0 spiro atoms. The molecule has 0 saturated heterocycles. The number of carbonyl (C=O) groups excluding carboxylic acids is 1. The molecule has 2 rings (SSSR count). The number of halogens is 1. The van der Waals surface area contributed by atoms with Crippen LogP contribution in [-0.2, 0) is 6.54 Å². The van der Waals surface area contributed by atoms with E-state index in [1.165, 1.54) is 0 Å². The zero-order chi connectivity index (χ0) is 13.0. The molecular weight excluding hydrogens is 294 g/mol. The topological polar surface area (TPSA) is 68.0 Å². The van der Waals surface area contributed by atoms with E-state index in [4.69, 9.17) is 5.73 Å². The van der Waals surface area contributed by atoms with Crippen molar-refractivity contribution in [3.8, 4) is 0 Å². The average Bonchev–Trinajstić information content (AvgIpc) is 2.37. The number of pyridine rings is 1. The first-order valence-electron chi connectivity index (χ1n) is 5.39. The number of nitrogens with two attached hydrogens (primary N) is 1. The highest BCUT2D eigenvalue weighted by Crippen LogP contribution is 2.08. The summed E-state index contributed by atoms with van der Waals surface area (Å²) in [4.78, 5) is 15.8. The van der Waals surface area contributed by atoms with E-state index in [-0.39, 0.29) is 5.91 Å². The van der Waals surface area contributed by atoms with Gasteiger partial charge in [-0.1, -0.05) is 12.1 Å². The van der Waals surface area contributed by atoms with Crippen molar-refractivity contribution in [3.05, 3.63) is 58.3 Å². The fraction of sp³-hybridized carbons (Fsp3) is 0.0769. The Kier molecular flexibility index (Phi) is 3.94. The van der Waals surface area contributed by atoms with Gasteiger partial charge in [0.2, 0.25) is 0 Å². The van der Waals surface area contributed by atoms with Gasteiger partial charge < -0.3 is 11.1 Å². The molecule has 1 aromatic carbocycles. The molecule has 0 aliphatic heterocycles. The molecule has 0 unspecified atom stereocenters. The van der Waals surface area contributed by atoms with Crippen LogP contribution in [0.3, 0.4) is 0 Å². The van der Waals surface area contributed by atoms with E-state index in [9.17, 15) is 4.79 Å². The third kappa shape index (κ3) is 3.30. The highest BCUT2D eigenvalue weighted by molar-refractivity contribution is 9.10. The number of nitrogens with zero attached hydrogens (tertiary/aromatic N) is 1. The number of amides is 1. The summed E-state index contributed by atoms with van der Waals surface area (Å²) in [5, 5.41) is 2.79. The van der Waals surface area contributed by atoms with E-state index < -0.39 is 0 Å². The highest BCUT2D eigenvalue weighted by Gasteiger charge is 2.06. The standard InChI is InChI=1S/C13H12BrN3O/c14-10-4-5-12(16-8-10)13(18)17-7-9-2-1-3-11(15)6-9/h1-6,8H,7,15H2,(H,17,18). The first-order chi connectivity index (χ1) is 8.65. The van der Waals surface area contributed by atoms with E-state index in [0.717, 1.165) is 10.0 Å². The van der Waals surface area contributed by atoms with Crippen LogP contribution in [0, 0.1) is 0 Å². The second-order valence-corrected chi connectivity index (χ2v) is 4.71. The minimum absolute atomic E-state index is 0.204. The van der Waals surface area contributed by atoms with Crippen molar-refractivity contribution in [1.29, 1.82) is 0 Å². The molecule has 5 heteroatoms. The Morgan fingerprint density at radius 2 is 2.17 bits per heavy atom. The summed E-state index contributed by atoms with van der Waals surface area (Å²) in [7, 11) is 0. The Balaban J connectivity index is 1.98. The molecule has 18 heavy (non-hydrogen) atoms. The summed E-state index contributed by atoms with van der Waals surface area (Å²) in [6.45, 7) is 0.432. The van der Waals surface area contributed by atoms with Crippen molar-refractivity contribution < 1.29 is 4.79 Å². The number of nitrogen functional groups attached to an aromatic ring is 1. The monoisotopic (exact) mass is 305 g/mol.